The van der Waals surface area contributed by atoms with Crippen molar-refractivity contribution in [1.82, 2.24) is 4.31 Å². The van der Waals surface area contributed by atoms with Gasteiger partial charge in [0.1, 0.15) is 0 Å². The van der Waals surface area contributed by atoms with E-state index >= 15 is 0 Å². The van der Waals surface area contributed by atoms with Crippen LogP contribution in [0.3, 0.4) is 0 Å². The Morgan fingerprint density at radius 1 is 1.22 bits per heavy atom. The van der Waals surface area contributed by atoms with Gasteiger partial charge in [0.05, 0.1) is 10.6 Å². The minimum absolute atomic E-state index is 0.0578. The summed E-state index contributed by atoms with van der Waals surface area (Å²) in [6.07, 6.45) is 1.79. The summed E-state index contributed by atoms with van der Waals surface area (Å²) in [6.45, 7) is 5.17. The number of amides is 1. The van der Waals surface area contributed by atoms with Crippen molar-refractivity contribution in [2.24, 2.45) is 11.8 Å². The monoisotopic (exact) mass is 354 g/mol. The van der Waals surface area contributed by atoms with Gasteiger partial charge in [-0.2, -0.15) is 4.31 Å². The Kier molecular flexibility index (Phi) is 4.71. The van der Waals surface area contributed by atoms with Crippen LogP contribution in [-0.2, 0) is 14.8 Å². The molecule has 1 aromatic rings. The summed E-state index contributed by atoms with van der Waals surface area (Å²) in [4.78, 5) is 13.2. The van der Waals surface area contributed by atoms with Crippen molar-refractivity contribution < 1.29 is 13.2 Å². The topological polar surface area (TPSA) is 66.5 Å². The van der Waals surface area contributed by atoms with Crippen LogP contribution in [0.15, 0.2) is 28.0 Å². The third-order valence-corrected chi connectivity index (χ3v) is 7.75. The first-order valence-electron chi connectivity index (χ1n) is 7.96. The van der Waals surface area contributed by atoms with Gasteiger partial charge >= 0.3 is 0 Å². The summed E-state index contributed by atoms with van der Waals surface area (Å²) in [5.41, 5.74) is 0.607. The minimum Gasteiger partial charge on any atom is -0.325 e. The molecule has 0 spiro atoms. The molecule has 23 heavy (non-hydrogen) atoms. The number of nitrogens with one attached hydrogen (secondary N) is 1. The summed E-state index contributed by atoms with van der Waals surface area (Å²) >= 11 is 1.58. The van der Waals surface area contributed by atoms with Gasteiger partial charge in [0, 0.05) is 29.7 Å². The third-order valence-electron chi connectivity index (χ3n) is 4.53. The van der Waals surface area contributed by atoms with Crippen molar-refractivity contribution >= 4 is 33.4 Å². The summed E-state index contributed by atoms with van der Waals surface area (Å²) < 4.78 is 27.2. The van der Waals surface area contributed by atoms with E-state index in [1.165, 1.54) is 0 Å². The number of hydrogen-bond donors (Lipinski definition) is 1. The third kappa shape index (κ3) is 3.41. The molecular formula is C16H22N2O3S2. The molecule has 1 N–H and O–H groups in total. The molecule has 2 aliphatic heterocycles. The second-order valence-electron chi connectivity index (χ2n) is 6.45. The molecule has 126 valence electrons. The van der Waals surface area contributed by atoms with Crippen LogP contribution in [0.4, 0.5) is 5.69 Å². The first kappa shape index (κ1) is 16.8. The molecule has 5 nitrogen and oxygen atoms in total. The smallest absolute Gasteiger partial charge is 0.243 e. The number of rotatable bonds is 2. The van der Waals surface area contributed by atoms with Crippen molar-refractivity contribution in [3.05, 3.63) is 18.2 Å². The highest BCUT2D eigenvalue weighted by Crippen LogP contribution is 2.35. The average Bonchev–Trinajstić information content (AvgIpc) is 2.66. The zero-order valence-corrected chi connectivity index (χ0v) is 15.0. The lowest BCUT2D eigenvalue weighted by Gasteiger charge is -2.29. The standard InChI is InChI=1S/C16H22N2O3S2/c1-11-5-7-18(8-6-11)23(20,21)13-3-4-15-14(9-13)17-16(19)12(2)10-22-15/h3-4,9,11-12H,5-8,10H2,1-2H3,(H,17,19)/t12-/m0/s1. The fourth-order valence-electron chi connectivity index (χ4n) is 2.81. The number of carbonyl (C=O) groups excluding carboxylic acids is 1. The summed E-state index contributed by atoms with van der Waals surface area (Å²) in [7, 11) is -3.49. The second-order valence-corrected chi connectivity index (χ2v) is 9.45. The fourth-order valence-corrected chi connectivity index (χ4v) is 5.32. The number of sulfonamides is 1. The van der Waals surface area contributed by atoms with E-state index in [0.717, 1.165) is 17.7 Å². The molecule has 3 rings (SSSR count). The predicted octanol–water partition coefficient (Wildman–Crippen LogP) is 2.79. The number of anilines is 1. The van der Waals surface area contributed by atoms with Crippen LogP contribution >= 0.6 is 11.8 Å². The van der Waals surface area contributed by atoms with Crippen LogP contribution in [-0.4, -0.2) is 37.5 Å². The fraction of sp³-hybridized carbons (Fsp3) is 0.562. The maximum Gasteiger partial charge on any atom is 0.243 e. The van der Waals surface area contributed by atoms with Gasteiger partial charge in [-0.25, -0.2) is 8.42 Å². The molecule has 0 aromatic heterocycles. The quantitative estimate of drug-likeness (QED) is 0.887. The Bertz CT molecular complexity index is 710. The zero-order chi connectivity index (χ0) is 16.6. The van der Waals surface area contributed by atoms with Crippen LogP contribution in [0.5, 0.6) is 0 Å². The molecule has 2 heterocycles. The zero-order valence-electron chi connectivity index (χ0n) is 13.4. The van der Waals surface area contributed by atoms with Crippen LogP contribution in [0.25, 0.3) is 0 Å². The molecule has 1 fully saturated rings. The first-order valence-corrected chi connectivity index (χ1v) is 10.4. The molecule has 1 saturated heterocycles. The van der Waals surface area contributed by atoms with Crippen LogP contribution in [0.1, 0.15) is 26.7 Å². The summed E-state index contributed by atoms with van der Waals surface area (Å²) in [6, 6.07) is 5.06. The number of carbonyl (C=O) groups is 1. The van der Waals surface area contributed by atoms with Crippen molar-refractivity contribution in [2.45, 2.75) is 36.5 Å². The highest BCUT2D eigenvalue weighted by molar-refractivity contribution is 7.99. The Hall–Kier alpha value is -1.05. The number of nitrogens with zero attached hydrogens (tertiary/aromatic N) is 1. The molecule has 0 bridgehead atoms. The van der Waals surface area contributed by atoms with Crippen molar-refractivity contribution in [2.75, 3.05) is 24.2 Å². The van der Waals surface area contributed by atoms with Crippen LogP contribution in [0, 0.1) is 11.8 Å². The van der Waals surface area contributed by atoms with Crippen LogP contribution in [0.2, 0.25) is 0 Å². The second kappa shape index (κ2) is 6.45. The summed E-state index contributed by atoms with van der Waals surface area (Å²) in [5, 5.41) is 2.85. The molecule has 1 amide bonds. The Morgan fingerprint density at radius 3 is 2.61 bits per heavy atom. The van der Waals surface area contributed by atoms with E-state index in [-0.39, 0.29) is 16.7 Å². The number of fused-ring (bicyclic) bond motifs is 1. The van der Waals surface area contributed by atoms with Crippen molar-refractivity contribution in [3.63, 3.8) is 0 Å². The van der Waals surface area contributed by atoms with Gasteiger partial charge in [-0.05, 0) is 37.0 Å². The molecule has 1 aromatic carbocycles. The summed E-state index contributed by atoms with van der Waals surface area (Å²) in [5.74, 6) is 1.13. The lowest BCUT2D eigenvalue weighted by Crippen LogP contribution is -2.37. The molecule has 0 aliphatic carbocycles. The van der Waals surface area contributed by atoms with E-state index in [4.69, 9.17) is 0 Å². The van der Waals surface area contributed by atoms with E-state index < -0.39 is 10.0 Å². The molecule has 0 radical (unpaired) electrons. The number of benzene rings is 1. The van der Waals surface area contributed by atoms with E-state index in [9.17, 15) is 13.2 Å². The normalized spacial score (nSPS) is 23.9. The van der Waals surface area contributed by atoms with Gasteiger partial charge in [0.2, 0.25) is 15.9 Å². The van der Waals surface area contributed by atoms with Crippen LogP contribution < -0.4 is 5.32 Å². The van der Waals surface area contributed by atoms with Crippen molar-refractivity contribution in [3.8, 4) is 0 Å². The van der Waals surface area contributed by atoms with Gasteiger partial charge in [0.15, 0.2) is 0 Å². The van der Waals surface area contributed by atoms with Gasteiger partial charge in [-0.15, -0.1) is 11.8 Å². The van der Waals surface area contributed by atoms with Gasteiger partial charge in [-0.1, -0.05) is 13.8 Å². The van der Waals surface area contributed by atoms with E-state index in [1.807, 2.05) is 6.92 Å². The highest BCUT2D eigenvalue weighted by Gasteiger charge is 2.29. The Labute approximate surface area is 141 Å². The largest absolute Gasteiger partial charge is 0.325 e. The Balaban J connectivity index is 1.89. The molecule has 0 saturated carbocycles. The lowest BCUT2D eigenvalue weighted by atomic mass is 10.0. The molecular weight excluding hydrogens is 332 g/mol. The molecule has 2 aliphatic rings. The Morgan fingerprint density at radius 2 is 1.91 bits per heavy atom. The number of hydrogen-bond acceptors (Lipinski definition) is 4. The predicted molar refractivity (Wildman–Crippen MR) is 92.1 cm³/mol. The van der Waals surface area contributed by atoms with E-state index in [2.05, 4.69) is 12.2 Å². The lowest BCUT2D eigenvalue weighted by molar-refractivity contribution is -0.118. The number of thioether (sulfide) groups is 1. The maximum atomic E-state index is 12.8. The van der Waals surface area contributed by atoms with E-state index in [0.29, 0.717) is 30.4 Å². The number of piperidine rings is 1. The van der Waals surface area contributed by atoms with Gasteiger partial charge < -0.3 is 5.32 Å². The highest BCUT2D eigenvalue weighted by atomic mass is 32.2. The molecule has 1 atom stereocenters. The molecule has 7 heteroatoms. The SMILES string of the molecule is CC1CCN(S(=O)(=O)c2ccc3c(c2)NC(=O)[C@@H](C)CS3)CC1. The maximum absolute atomic E-state index is 12.8. The van der Waals surface area contributed by atoms with Crippen molar-refractivity contribution in [1.29, 1.82) is 0 Å². The van der Waals surface area contributed by atoms with Gasteiger partial charge in [0.25, 0.3) is 0 Å². The minimum atomic E-state index is -3.49. The molecule has 0 unspecified atom stereocenters. The average molecular weight is 354 g/mol. The first-order chi connectivity index (χ1) is 10.9. The van der Waals surface area contributed by atoms with E-state index in [1.54, 1.807) is 34.3 Å². The van der Waals surface area contributed by atoms with Gasteiger partial charge in [-0.3, -0.25) is 4.79 Å².